The van der Waals surface area contributed by atoms with Crippen LogP contribution in [0.1, 0.15) is 6.92 Å². The molecule has 0 bridgehead atoms. The third-order valence-corrected chi connectivity index (χ3v) is 0.684. The van der Waals surface area contributed by atoms with Gasteiger partial charge in [-0.15, -0.1) is 0 Å². The smallest absolute Gasteiger partial charge is 0.248 e. The van der Waals surface area contributed by atoms with Crippen molar-refractivity contribution in [2.45, 2.75) is 6.92 Å². The molecule has 0 aromatic heterocycles. The Labute approximate surface area is 48.7 Å². The van der Waals surface area contributed by atoms with E-state index in [2.05, 4.69) is 6.58 Å². The summed E-state index contributed by atoms with van der Waals surface area (Å²) in [5.41, 5.74) is 5.17. The molecule has 44 valence electrons. The third-order valence-electron chi connectivity index (χ3n) is 0.684. The lowest BCUT2D eigenvalue weighted by Gasteiger charge is -1.86. The molecule has 2 nitrogen and oxygen atoms in total. The fourth-order valence-corrected chi connectivity index (χ4v) is 0.283. The maximum Gasteiger partial charge on any atom is 0.248 e. The van der Waals surface area contributed by atoms with Crippen molar-refractivity contribution in [3.05, 3.63) is 24.3 Å². The summed E-state index contributed by atoms with van der Waals surface area (Å²) >= 11 is 0. The zero-order chi connectivity index (χ0) is 6.57. The van der Waals surface area contributed by atoms with Gasteiger partial charge in [0.05, 0.1) is 0 Å². The molecule has 0 unspecified atom stereocenters. The van der Waals surface area contributed by atoms with E-state index in [0.717, 1.165) is 0 Å². The molecule has 0 saturated carbocycles. The van der Waals surface area contributed by atoms with E-state index >= 15 is 0 Å². The SMILES string of the molecule is C=C(C=CC)C(N)=O. The molecule has 0 aromatic rings. The molecule has 2 heteroatoms. The summed E-state index contributed by atoms with van der Waals surface area (Å²) in [6, 6.07) is 0. The highest BCUT2D eigenvalue weighted by atomic mass is 16.1. The maximum atomic E-state index is 10.2. The van der Waals surface area contributed by atoms with Gasteiger partial charge in [0.2, 0.25) is 5.91 Å². The quantitative estimate of drug-likeness (QED) is 0.411. The second-order valence-electron chi connectivity index (χ2n) is 1.39. The number of primary amides is 1. The lowest BCUT2D eigenvalue weighted by atomic mass is 10.3. The van der Waals surface area contributed by atoms with E-state index in [1.165, 1.54) is 0 Å². The van der Waals surface area contributed by atoms with Crippen molar-refractivity contribution in [1.82, 2.24) is 0 Å². The molecule has 0 saturated heterocycles. The van der Waals surface area contributed by atoms with Crippen molar-refractivity contribution in [3.8, 4) is 0 Å². The highest BCUT2D eigenvalue weighted by Crippen LogP contribution is 1.87. The van der Waals surface area contributed by atoms with Crippen LogP contribution in [0.15, 0.2) is 24.3 Å². The summed E-state index contributed by atoms with van der Waals surface area (Å²) in [4.78, 5) is 10.2. The Hall–Kier alpha value is -1.05. The normalized spacial score (nSPS) is 9.62. The topological polar surface area (TPSA) is 43.1 Å². The monoisotopic (exact) mass is 111 g/mol. The maximum absolute atomic E-state index is 10.2. The number of carbonyl (C=O) groups excluding carboxylic acids is 1. The lowest BCUT2D eigenvalue weighted by molar-refractivity contribution is -0.114. The fourth-order valence-electron chi connectivity index (χ4n) is 0.283. The van der Waals surface area contributed by atoms with E-state index in [1.54, 1.807) is 19.1 Å². The Morgan fingerprint density at radius 3 is 2.38 bits per heavy atom. The standard InChI is InChI=1S/C6H9NO/c1-3-4-5(2)6(7)8/h3-4H,2H2,1H3,(H2,7,8). The molecular weight excluding hydrogens is 102 g/mol. The predicted molar refractivity (Wildman–Crippen MR) is 33.1 cm³/mol. The average molecular weight is 111 g/mol. The van der Waals surface area contributed by atoms with Gasteiger partial charge in [0.15, 0.2) is 0 Å². The molecule has 0 spiro atoms. The minimum atomic E-state index is -0.469. The fraction of sp³-hybridized carbons (Fsp3) is 0.167. The van der Waals surface area contributed by atoms with E-state index in [9.17, 15) is 4.79 Å². The van der Waals surface area contributed by atoms with Crippen molar-refractivity contribution in [3.63, 3.8) is 0 Å². The molecule has 0 aliphatic heterocycles. The van der Waals surface area contributed by atoms with Crippen LogP contribution in [0.4, 0.5) is 0 Å². The van der Waals surface area contributed by atoms with Crippen molar-refractivity contribution in [1.29, 1.82) is 0 Å². The van der Waals surface area contributed by atoms with Crippen LogP contribution in [-0.4, -0.2) is 5.91 Å². The molecular formula is C6H9NO. The van der Waals surface area contributed by atoms with Crippen LogP contribution in [0.3, 0.4) is 0 Å². The van der Waals surface area contributed by atoms with Crippen LogP contribution in [0.5, 0.6) is 0 Å². The minimum absolute atomic E-state index is 0.340. The Bertz CT molecular complexity index is 135. The second-order valence-corrected chi connectivity index (χ2v) is 1.39. The summed E-state index contributed by atoms with van der Waals surface area (Å²) < 4.78 is 0. The van der Waals surface area contributed by atoms with Crippen molar-refractivity contribution < 1.29 is 4.79 Å². The predicted octanol–water partition coefficient (Wildman–Crippen LogP) is 0.604. The van der Waals surface area contributed by atoms with E-state index in [-0.39, 0.29) is 0 Å². The first-order valence-electron chi connectivity index (χ1n) is 2.30. The van der Waals surface area contributed by atoms with Gasteiger partial charge < -0.3 is 5.73 Å². The first kappa shape index (κ1) is 6.95. The van der Waals surface area contributed by atoms with Crippen LogP contribution >= 0.6 is 0 Å². The van der Waals surface area contributed by atoms with Crippen LogP contribution < -0.4 is 5.73 Å². The Morgan fingerprint density at radius 1 is 1.75 bits per heavy atom. The number of amides is 1. The Kier molecular flexibility index (Phi) is 2.62. The molecule has 0 aliphatic carbocycles. The van der Waals surface area contributed by atoms with Crippen molar-refractivity contribution in [2.75, 3.05) is 0 Å². The second kappa shape index (κ2) is 3.02. The van der Waals surface area contributed by atoms with Gasteiger partial charge in [-0.25, -0.2) is 0 Å². The van der Waals surface area contributed by atoms with Gasteiger partial charge in [0, 0.05) is 5.57 Å². The number of nitrogens with two attached hydrogens (primary N) is 1. The van der Waals surface area contributed by atoms with Crippen LogP contribution in [0.2, 0.25) is 0 Å². The summed E-state index contributed by atoms with van der Waals surface area (Å²) in [5.74, 6) is -0.469. The van der Waals surface area contributed by atoms with Crippen LogP contribution in [0, 0.1) is 0 Å². The molecule has 2 N–H and O–H groups in total. The van der Waals surface area contributed by atoms with Gasteiger partial charge in [-0.2, -0.15) is 0 Å². The van der Waals surface area contributed by atoms with E-state index < -0.39 is 5.91 Å². The first-order valence-corrected chi connectivity index (χ1v) is 2.30. The van der Waals surface area contributed by atoms with Crippen LogP contribution in [-0.2, 0) is 4.79 Å². The summed E-state index contributed by atoms with van der Waals surface area (Å²) in [6.45, 7) is 5.18. The molecule has 0 aromatic carbocycles. The Balaban J connectivity index is 3.85. The van der Waals surface area contributed by atoms with E-state index in [0.29, 0.717) is 5.57 Å². The number of hydrogen-bond acceptors (Lipinski definition) is 1. The molecule has 0 fully saturated rings. The van der Waals surface area contributed by atoms with Crippen molar-refractivity contribution >= 4 is 5.91 Å². The van der Waals surface area contributed by atoms with Gasteiger partial charge in [-0.3, -0.25) is 4.79 Å². The zero-order valence-corrected chi connectivity index (χ0v) is 4.85. The first-order chi connectivity index (χ1) is 3.68. The molecule has 0 aliphatic rings. The van der Waals surface area contributed by atoms with Gasteiger partial charge in [-0.1, -0.05) is 18.7 Å². The third kappa shape index (κ3) is 2.18. The highest BCUT2D eigenvalue weighted by Gasteiger charge is 1.91. The number of rotatable bonds is 2. The summed E-state index contributed by atoms with van der Waals surface area (Å²) in [6.07, 6.45) is 3.29. The van der Waals surface area contributed by atoms with Gasteiger partial charge in [-0.05, 0) is 6.92 Å². The molecule has 0 heterocycles. The molecule has 0 atom stereocenters. The van der Waals surface area contributed by atoms with Crippen LogP contribution in [0.25, 0.3) is 0 Å². The molecule has 0 radical (unpaired) electrons. The molecule has 1 amide bonds. The molecule has 8 heavy (non-hydrogen) atoms. The van der Waals surface area contributed by atoms with Crippen molar-refractivity contribution in [2.24, 2.45) is 5.73 Å². The number of allylic oxidation sites excluding steroid dienone is 1. The van der Waals surface area contributed by atoms with Gasteiger partial charge in [0.25, 0.3) is 0 Å². The Morgan fingerprint density at radius 2 is 2.25 bits per heavy atom. The zero-order valence-electron chi connectivity index (χ0n) is 4.85. The summed E-state index contributed by atoms with van der Waals surface area (Å²) in [7, 11) is 0. The largest absolute Gasteiger partial charge is 0.366 e. The van der Waals surface area contributed by atoms with Gasteiger partial charge in [0.1, 0.15) is 0 Å². The minimum Gasteiger partial charge on any atom is -0.366 e. The number of carbonyl (C=O) groups is 1. The molecule has 0 rings (SSSR count). The lowest BCUT2D eigenvalue weighted by Crippen LogP contribution is -2.10. The number of hydrogen-bond donors (Lipinski definition) is 1. The van der Waals surface area contributed by atoms with Gasteiger partial charge >= 0.3 is 0 Å². The average Bonchev–Trinajstić information content (AvgIpc) is 1.67. The summed E-state index contributed by atoms with van der Waals surface area (Å²) in [5, 5.41) is 0. The van der Waals surface area contributed by atoms with E-state index in [4.69, 9.17) is 5.73 Å². The van der Waals surface area contributed by atoms with E-state index in [1.807, 2.05) is 0 Å². The highest BCUT2D eigenvalue weighted by molar-refractivity contribution is 5.93.